The highest BCUT2D eigenvalue weighted by molar-refractivity contribution is 5.98. The first-order valence-electron chi connectivity index (χ1n) is 8.12. The standard InChI is InChI=1S/C20H22N2O4/c1-5-10-22-14(2)11-18(15(22)3)19(23)13-26-21-12-16-6-8-17(9-7-16)20(24)25-4/h5-9,11-12H,1,10,13H2,2-4H3/b21-12+. The van der Waals surface area contributed by atoms with Crippen LogP contribution in [-0.2, 0) is 16.1 Å². The van der Waals surface area contributed by atoms with Crippen molar-refractivity contribution in [2.45, 2.75) is 20.4 Å². The lowest BCUT2D eigenvalue weighted by Gasteiger charge is -2.06. The summed E-state index contributed by atoms with van der Waals surface area (Å²) in [7, 11) is 1.33. The van der Waals surface area contributed by atoms with Gasteiger partial charge in [-0.05, 0) is 37.6 Å². The molecule has 1 aromatic carbocycles. The van der Waals surface area contributed by atoms with Gasteiger partial charge in [-0.1, -0.05) is 23.4 Å². The second-order valence-corrected chi connectivity index (χ2v) is 5.73. The van der Waals surface area contributed by atoms with Crippen molar-refractivity contribution in [1.82, 2.24) is 4.57 Å². The van der Waals surface area contributed by atoms with E-state index >= 15 is 0 Å². The number of Topliss-reactive ketones (excluding diaryl/α,β-unsaturated/α-hetero) is 1. The molecule has 1 aromatic heterocycles. The number of allylic oxidation sites excluding steroid dienone is 1. The van der Waals surface area contributed by atoms with Crippen LogP contribution in [0, 0.1) is 13.8 Å². The largest absolute Gasteiger partial charge is 0.465 e. The molecule has 2 rings (SSSR count). The molecule has 0 spiro atoms. The number of ketones is 1. The maximum Gasteiger partial charge on any atom is 0.337 e. The van der Waals surface area contributed by atoms with E-state index in [1.54, 1.807) is 30.3 Å². The monoisotopic (exact) mass is 354 g/mol. The van der Waals surface area contributed by atoms with Gasteiger partial charge in [-0.3, -0.25) is 4.79 Å². The average molecular weight is 354 g/mol. The van der Waals surface area contributed by atoms with Gasteiger partial charge in [-0.15, -0.1) is 6.58 Å². The Morgan fingerprint density at radius 1 is 1.23 bits per heavy atom. The summed E-state index contributed by atoms with van der Waals surface area (Å²) in [5.41, 5.74) is 3.71. The topological polar surface area (TPSA) is 69.9 Å². The molecule has 0 fully saturated rings. The minimum Gasteiger partial charge on any atom is -0.465 e. The van der Waals surface area contributed by atoms with Crippen molar-refractivity contribution in [2.24, 2.45) is 5.16 Å². The second kappa shape index (κ2) is 8.80. The predicted octanol–water partition coefficient (Wildman–Crippen LogP) is 3.31. The third kappa shape index (κ3) is 4.47. The summed E-state index contributed by atoms with van der Waals surface area (Å²) in [6, 6.07) is 8.53. The molecule has 0 unspecified atom stereocenters. The van der Waals surface area contributed by atoms with Gasteiger partial charge < -0.3 is 14.1 Å². The zero-order chi connectivity index (χ0) is 19.1. The lowest BCUT2D eigenvalue weighted by atomic mass is 10.1. The zero-order valence-corrected chi connectivity index (χ0v) is 15.2. The van der Waals surface area contributed by atoms with E-state index in [1.165, 1.54) is 13.3 Å². The Kier molecular flexibility index (Phi) is 6.49. The Balaban J connectivity index is 1.94. The average Bonchev–Trinajstić information content (AvgIpc) is 2.93. The second-order valence-electron chi connectivity index (χ2n) is 5.73. The number of carbonyl (C=O) groups is 2. The van der Waals surface area contributed by atoms with Crippen molar-refractivity contribution < 1.29 is 19.2 Å². The van der Waals surface area contributed by atoms with Gasteiger partial charge in [-0.2, -0.15) is 0 Å². The molecule has 1 heterocycles. The number of carbonyl (C=O) groups excluding carboxylic acids is 2. The SMILES string of the molecule is C=CCn1c(C)cc(C(=O)CO/N=C/c2ccc(C(=O)OC)cc2)c1C. The highest BCUT2D eigenvalue weighted by Gasteiger charge is 2.15. The molecule has 0 amide bonds. The summed E-state index contributed by atoms with van der Waals surface area (Å²) in [6.07, 6.45) is 3.27. The summed E-state index contributed by atoms with van der Waals surface area (Å²) in [4.78, 5) is 28.8. The van der Waals surface area contributed by atoms with Gasteiger partial charge in [0.05, 0.1) is 18.9 Å². The maximum atomic E-state index is 12.3. The number of rotatable bonds is 8. The highest BCUT2D eigenvalue weighted by Crippen LogP contribution is 2.16. The van der Waals surface area contributed by atoms with E-state index in [-0.39, 0.29) is 12.4 Å². The van der Waals surface area contributed by atoms with Crippen LogP contribution in [0.25, 0.3) is 0 Å². The third-order valence-corrected chi connectivity index (χ3v) is 3.99. The number of methoxy groups -OCH3 is 1. The van der Waals surface area contributed by atoms with Crippen LogP contribution in [0.4, 0.5) is 0 Å². The normalized spacial score (nSPS) is 10.7. The molecular formula is C20H22N2O4. The van der Waals surface area contributed by atoms with Crippen LogP contribution in [-0.4, -0.2) is 36.3 Å². The molecule has 0 saturated carbocycles. The summed E-state index contributed by atoms with van der Waals surface area (Å²) >= 11 is 0. The van der Waals surface area contributed by atoms with Gasteiger partial charge in [0.25, 0.3) is 0 Å². The van der Waals surface area contributed by atoms with E-state index < -0.39 is 5.97 Å². The van der Waals surface area contributed by atoms with Crippen molar-refractivity contribution in [3.8, 4) is 0 Å². The molecule has 0 atom stereocenters. The smallest absolute Gasteiger partial charge is 0.337 e. The quantitative estimate of drug-likeness (QED) is 0.240. The van der Waals surface area contributed by atoms with Crippen molar-refractivity contribution >= 4 is 18.0 Å². The zero-order valence-electron chi connectivity index (χ0n) is 15.2. The number of nitrogens with zero attached hydrogens (tertiary/aromatic N) is 2. The minimum atomic E-state index is -0.399. The third-order valence-electron chi connectivity index (χ3n) is 3.99. The molecule has 0 radical (unpaired) electrons. The van der Waals surface area contributed by atoms with Gasteiger partial charge in [-0.25, -0.2) is 4.79 Å². The molecule has 26 heavy (non-hydrogen) atoms. The summed E-state index contributed by atoms with van der Waals surface area (Å²) in [6.45, 7) is 8.09. The van der Waals surface area contributed by atoms with Crippen LogP contribution in [0.1, 0.15) is 37.7 Å². The van der Waals surface area contributed by atoms with Gasteiger partial charge in [0.1, 0.15) is 0 Å². The first-order valence-corrected chi connectivity index (χ1v) is 8.12. The minimum absolute atomic E-state index is 0.133. The van der Waals surface area contributed by atoms with Crippen molar-refractivity contribution in [3.05, 3.63) is 71.1 Å². The molecule has 0 aliphatic heterocycles. The fraction of sp³-hybridized carbons (Fsp3) is 0.250. The summed E-state index contributed by atoms with van der Waals surface area (Å²) < 4.78 is 6.66. The Morgan fingerprint density at radius 3 is 2.54 bits per heavy atom. The number of ether oxygens (including phenoxy) is 1. The molecule has 0 aliphatic rings. The van der Waals surface area contributed by atoms with E-state index in [0.717, 1.165) is 17.0 Å². The van der Waals surface area contributed by atoms with Crippen molar-refractivity contribution in [3.63, 3.8) is 0 Å². The Labute approximate surface area is 152 Å². The van der Waals surface area contributed by atoms with Crippen LogP contribution in [0.3, 0.4) is 0 Å². The van der Waals surface area contributed by atoms with E-state index in [4.69, 9.17) is 4.84 Å². The molecule has 2 aromatic rings. The highest BCUT2D eigenvalue weighted by atomic mass is 16.6. The van der Waals surface area contributed by atoms with Crippen LogP contribution >= 0.6 is 0 Å². The number of aryl methyl sites for hydroxylation is 1. The molecular weight excluding hydrogens is 332 g/mol. The maximum absolute atomic E-state index is 12.3. The Bertz CT molecular complexity index is 832. The van der Waals surface area contributed by atoms with E-state index in [9.17, 15) is 9.59 Å². The van der Waals surface area contributed by atoms with E-state index in [0.29, 0.717) is 17.7 Å². The van der Waals surface area contributed by atoms with Crippen LogP contribution in [0.5, 0.6) is 0 Å². The molecule has 0 N–H and O–H groups in total. The number of hydrogen-bond donors (Lipinski definition) is 0. The summed E-state index contributed by atoms with van der Waals surface area (Å²) in [5, 5.41) is 3.81. The number of esters is 1. The molecule has 0 saturated heterocycles. The fourth-order valence-corrected chi connectivity index (χ4v) is 2.59. The Morgan fingerprint density at radius 2 is 1.92 bits per heavy atom. The lowest BCUT2D eigenvalue weighted by molar-refractivity contribution is 0.0600. The number of hydrogen-bond acceptors (Lipinski definition) is 5. The Hall–Kier alpha value is -3.15. The van der Waals surface area contributed by atoms with Crippen molar-refractivity contribution in [1.29, 1.82) is 0 Å². The first kappa shape index (κ1) is 19.2. The van der Waals surface area contributed by atoms with Gasteiger partial charge in [0.2, 0.25) is 5.78 Å². The molecule has 0 aliphatic carbocycles. The van der Waals surface area contributed by atoms with Gasteiger partial charge in [0, 0.05) is 23.5 Å². The molecule has 6 nitrogen and oxygen atoms in total. The van der Waals surface area contributed by atoms with Crippen molar-refractivity contribution in [2.75, 3.05) is 13.7 Å². The first-order chi connectivity index (χ1) is 12.5. The molecule has 6 heteroatoms. The van der Waals surface area contributed by atoms with Crippen LogP contribution < -0.4 is 0 Å². The van der Waals surface area contributed by atoms with Crippen LogP contribution in [0.2, 0.25) is 0 Å². The fourth-order valence-electron chi connectivity index (χ4n) is 2.59. The molecule has 136 valence electrons. The van der Waals surface area contributed by atoms with E-state index in [1.807, 2.05) is 24.5 Å². The summed E-state index contributed by atoms with van der Waals surface area (Å²) in [5.74, 6) is -0.531. The predicted molar refractivity (Wildman–Crippen MR) is 99.8 cm³/mol. The van der Waals surface area contributed by atoms with Gasteiger partial charge in [0.15, 0.2) is 6.61 Å². The number of aromatic nitrogens is 1. The van der Waals surface area contributed by atoms with Crippen LogP contribution in [0.15, 0.2) is 48.1 Å². The van der Waals surface area contributed by atoms with E-state index in [2.05, 4.69) is 16.5 Å². The lowest BCUT2D eigenvalue weighted by Crippen LogP contribution is -2.09. The molecule has 0 bridgehead atoms. The van der Waals surface area contributed by atoms with Gasteiger partial charge >= 0.3 is 5.97 Å². The number of oxime groups is 1. The number of benzene rings is 1.